The Balaban J connectivity index is 1.92. The van der Waals surface area contributed by atoms with Crippen molar-refractivity contribution in [2.24, 2.45) is 0 Å². The van der Waals surface area contributed by atoms with Crippen molar-refractivity contribution in [3.63, 3.8) is 0 Å². The van der Waals surface area contributed by atoms with Gasteiger partial charge in [0.25, 0.3) is 0 Å². The van der Waals surface area contributed by atoms with Gasteiger partial charge in [-0.05, 0) is 30.0 Å². The maximum absolute atomic E-state index is 12.0. The molecule has 1 saturated heterocycles. The number of likely N-dealkylation sites (tertiary alicyclic amines) is 1. The fourth-order valence-electron chi connectivity index (χ4n) is 2.27. The minimum Gasteiger partial charge on any atom is -0.391 e. The normalized spacial score (nSPS) is 21.1. The second-order valence-electron chi connectivity index (χ2n) is 4.94. The van der Waals surface area contributed by atoms with E-state index in [0.717, 1.165) is 4.47 Å². The lowest BCUT2D eigenvalue weighted by Gasteiger charge is -2.18. The molecule has 1 fully saturated rings. The van der Waals surface area contributed by atoms with Crippen molar-refractivity contribution in [2.75, 3.05) is 13.1 Å². The number of nitrogens with zero attached hydrogens (tertiary/aromatic N) is 1. The van der Waals surface area contributed by atoms with Crippen LogP contribution in [0.3, 0.4) is 0 Å². The summed E-state index contributed by atoms with van der Waals surface area (Å²) in [6.45, 7) is 3.24. The first-order valence-electron chi connectivity index (χ1n) is 6.27. The number of β-amino-alcohol motifs (C(OH)–C–C–N with tert-alkyl or cyclic N) is 1. The summed E-state index contributed by atoms with van der Waals surface area (Å²) in [6.07, 6.45) is 0.879. The van der Waals surface area contributed by atoms with Gasteiger partial charge in [0, 0.05) is 24.0 Å². The summed E-state index contributed by atoms with van der Waals surface area (Å²) in [5, 5.41) is 9.43. The van der Waals surface area contributed by atoms with Crippen molar-refractivity contribution < 1.29 is 9.90 Å². The molecular weight excluding hydrogens is 294 g/mol. The molecule has 0 aromatic heterocycles. The number of carbonyl (C=O) groups is 1. The van der Waals surface area contributed by atoms with Crippen molar-refractivity contribution in [3.8, 4) is 0 Å². The summed E-state index contributed by atoms with van der Waals surface area (Å²) in [4.78, 5) is 13.8. The first-order valence-corrected chi connectivity index (χ1v) is 7.07. The number of aliphatic hydroxyl groups excluding tert-OH is 1. The predicted molar refractivity (Wildman–Crippen MR) is 74.4 cm³/mol. The molecule has 1 N–H and O–H groups in total. The van der Waals surface area contributed by atoms with Crippen LogP contribution in [0.15, 0.2) is 28.7 Å². The van der Waals surface area contributed by atoms with Gasteiger partial charge in [-0.1, -0.05) is 35.0 Å². The quantitative estimate of drug-likeness (QED) is 0.932. The summed E-state index contributed by atoms with van der Waals surface area (Å²) in [7, 11) is 0. The molecule has 0 radical (unpaired) electrons. The average Bonchev–Trinajstić information content (AvgIpc) is 2.76. The molecule has 0 bridgehead atoms. The number of aliphatic hydroxyl groups is 1. The van der Waals surface area contributed by atoms with E-state index in [2.05, 4.69) is 22.9 Å². The van der Waals surface area contributed by atoms with Gasteiger partial charge in [-0.3, -0.25) is 4.79 Å². The number of halogens is 1. The topological polar surface area (TPSA) is 40.5 Å². The van der Waals surface area contributed by atoms with Crippen LogP contribution >= 0.6 is 15.9 Å². The molecule has 1 amide bonds. The highest BCUT2D eigenvalue weighted by molar-refractivity contribution is 9.10. The molecule has 2 rings (SSSR count). The van der Waals surface area contributed by atoms with E-state index in [1.54, 1.807) is 4.90 Å². The van der Waals surface area contributed by atoms with Gasteiger partial charge in [-0.15, -0.1) is 0 Å². The molecule has 0 aliphatic carbocycles. The van der Waals surface area contributed by atoms with Gasteiger partial charge in [-0.25, -0.2) is 0 Å². The Kier molecular flexibility index (Phi) is 4.40. The van der Waals surface area contributed by atoms with E-state index < -0.39 is 0 Å². The largest absolute Gasteiger partial charge is 0.391 e. The SMILES string of the molecule is CC(CC(=O)N1CCC(O)C1)c1ccc(Br)cc1. The molecule has 2 unspecified atom stereocenters. The third-order valence-electron chi connectivity index (χ3n) is 3.44. The number of benzene rings is 1. The van der Waals surface area contributed by atoms with Crippen molar-refractivity contribution in [3.05, 3.63) is 34.3 Å². The van der Waals surface area contributed by atoms with Gasteiger partial charge in [0.1, 0.15) is 0 Å². The molecular formula is C14H18BrNO2. The number of amides is 1. The lowest BCUT2D eigenvalue weighted by Crippen LogP contribution is -2.30. The summed E-state index contributed by atoms with van der Waals surface area (Å²) in [5.74, 6) is 0.352. The van der Waals surface area contributed by atoms with Crippen LogP contribution in [0.25, 0.3) is 0 Å². The van der Waals surface area contributed by atoms with E-state index in [4.69, 9.17) is 0 Å². The molecule has 0 spiro atoms. The van der Waals surface area contributed by atoms with Crippen LogP contribution in [0.1, 0.15) is 31.2 Å². The molecule has 4 heteroatoms. The first-order chi connectivity index (χ1) is 8.56. The van der Waals surface area contributed by atoms with Crippen LogP contribution in [0.5, 0.6) is 0 Å². The highest BCUT2D eigenvalue weighted by Gasteiger charge is 2.25. The smallest absolute Gasteiger partial charge is 0.223 e. The zero-order chi connectivity index (χ0) is 13.1. The fraction of sp³-hybridized carbons (Fsp3) is 0.500. The Bertz CT molecular complexity index is 418. The Morgan fingerprint density at radius 2 is 2.17 bits per heavy atom. The molecule has 1 aliphatic heterocycles. The molecule has 0 saturated carbocycles. The molecule has 1 aromatic rings. The zero-order valence-corrected chi connectivity index (χ0v) is 12.1. The minimum absolute atomic E-state index is 0.141. The molecule has 1 aromatic carbocycles. The van der Waals surface area contributed by atoms with E-state index in [0.29, 0.717) is 25.9 Å². The van der Waals surface area contributed by atoms with Gasteiger partial charge < -0.3 is 10.0 Å². The number of hydrogen-bond donors (Lipinski definition) is 1. The van der Waals surface area contributed by atoms with Gasteiger partial charge in [0.15, 0.2) is 0 Å². The van der Waals surface area contributed by atoms with E-state index in [-0.39, 0.29) is 17.9 Å². The monoisotopic (exact) mass is 311 g/mol. The van der Waals surface area contributed by atoms with Gasteiger partial charge >= 0.3 is 0 Å². The lowest BCUT2D eigenvalue weighted by atomic mass is 9.97. The fourth-order valence-corrected chi connectivity index (χ4v) is 2.53. The Morgan fingerprint density at radius 3 is 2.72 bits per heavy atom. The predicted octanol–water partition coefficient (Wildman–Crippen LogP) is 2.54. The third kappa shape index (κ3) is 3.33. The van der Waals surface area contributed by atoms with E-state index >= 15 is 0 Å². The molecule has 1 heterocycles. The van der Waals surface area contributed by atoms with E-state index in [9.17, 15) is 9.90 Å². The molecule has 1 aliphatic rings. The second kappa shape index (κ2) is 5.85. The number of rotatable bonds is 3. The highest BCUT2D eigenvalue weighted by Crippen LogP contribution is 2.23. The zero-order valence-electron chi connectivity index (χ0n) is 10.5. The molecule has 98 valence electrons. The Hall–Kier alpha value is -0.870. The summed E-state index contributed by atoms with van der Waals surface area (Å²) < 4.78 is 1.05. The van der Waals surface area contributed by atoms with Crippen LogP contribution in [-0.4, -0.2) is 35.1 Å². The van der Waals surface area contributed by atoms with Crippen LogP contribution in [0.4, 0.5) is 0 Å². The molecule has 18 heavy (non-hydrogen) atoms. The van der Waals surface area contributed by atoms with Gasteiger partial charge in [0.05, 0.1) is 6.10 Å². The maximum Gasteiger partial charge on any atom is 0.223 e. The van der Waals surface area contributed by atoms with Crippen LogP contribution in [0, 0.1) is 0 Å². The van der Waals surface area contributed by atoms with Crippen molar-refractivity contribution >= 4 is 21.8 Å². The summed E-state index contributed by atoms with van der Waals surface area (Å²) in [6, 6.07) is 8.08. The van der Waals surface area contributed by atoms with E-state index in [1.807, 2.05) is 24.3 Å². The van der Waals surface area contributed by atoms with Crippen molar-refractivity contribution in [2.45, 2.75) is 31.8 Å². The Morgan fingerprint density at radius 1 is 1.50 bits per heavy atom. The maximum atomic E-state index is 12.0. The highest BCUT2D eigenvalue weighted by atomic mass is 79.9. The van der Waals surface area contributed by atoms with Crippen LogP contribution < -0.4 is 0 Å². The average molecular weight is 312 g/mol. The second-order valence-corrected chi connectivity index (χ2v) is 5.85. The van der Waals surface area contributed by atoms with Crippen LogP contribution in [0.2, 0.25) is 0 Å². The summed E-state index contributed by atoms with van der Waals surface area (Å²) >= 11 is 3.40. The number of hydrogen-bond acceptors (Lipinski definition) is 2. The molecule has 2 atom stereocenters. The van der Waals surface area contributed by atoms with Gasteiger partial charge in [-0.2, -0.15) is 0 Å². The van der Waals surface area contributed by atoms with Crippen molar-refractivity contribution in [1.29, 1.82) is 0 Å². The van der Waals surface area contributed by atoms with Gasteiger partial charge in [0.2, 0.25) is 5.91 Å². The van der Waals surface area contributed by atoms with Crippen LogP contribution in [-0.2, 0) is 4.79 Å². The third-order valence-corrected chi connectivity index (χ3v) is 3.96. The van der Waals surface area contributed by atoms with E-state index in [1.165, 1.54) is 5.56 Å². The van der Waals surface area contributed by atoms with Crippen molar-refractivity contribution in [1.82, 2.24) is 4.90 Å². The number of carbonyl (C=O) groups excluding carboxylic acids is 1. The molecule has 3 nitrogen and oxygen atoms in total. The standard InChI is InChI=1S/C14H18BrNO2/c1-10(11-2-4-12(15)5-3-11)8-14(18)16-7-6-13(17)9-16/h2-5,10,13,17H,6-9H2,1H3. The minimum atomic E-state index is -0.336. The Labute approximate surface area is 116 Å². The lowest BCUT2D eigenvalue weighted by molar-refractivity contribution is -0.130. The first kappa shape index (κ1) is 13.6. The summed E-state index contributed by atoms with van der Waals surface area (Å²) in [5.41, 5.74) is 1.17.